The zero-order valence-corrected chi connectivity index (χ0v) is 13.7. The molecule has 0 aliphatic carbocycles. The zero-order valence-electron chi connectivity index (χ0n) is 12.9. The lowest BCUT2D eigenvalue weighted by atomic mass is 10.0. The van der Waals surface area contributed by atoms with Crippen LogP contribution in [0.25, 0.3) is 0 Å². The average Bonchev–Trinajstić information content (AvgIpc) is 2.55. The number of hydrogen-bond donors (Lipinski definition) is 3. The molecule has 0 aromatic heterocycles. The highest BCUT2D eigenvalue weighted by molar-refractivity contribution is 5.99. The van der Waals surface area contributed by atoms with Gasteiger partial charge >= 0.3 is 6.03 Å². The molecule has 0 atom stereocenters. The van der Waals surface area contributed by atoms with Crippen LogP contribution in [-0.2, 0) is 13.0 Å². The summed E-state index contributed by atoms with van der Waals surface area (Å²) in [6.07, 6.45) is 0.991. The van der Waals surface area contributed by atoms with E-state index in [1.807, 2.05) is 24.3 Å². The number of benzene rings is 2. The van der Waals surface area contributed by atoms with Gasteiger partial charge in [-0.3, -0.25) is 0 Å². The molecule has 2 amide bonds. The smallest absolute Gasteiger partial charge is 0.323 e. The maximum absolute atomic E-state index is 12.0. The molecule has 2 aromatic carbocycles. The van der Waals surface area contributed by atoms with Gasteiger partial charge in [-0.2, -0.15) is 0 Å². The van der Waals surface area contributed by atoms with E-state index in [-0.39, 0.29) is 18.4 Å². The molecule has 3 N–H and O–H groups in total. The Kier molecular flexibility index (Phi) is 5.84. The largest absolute Gasteiger partial charge is 0.497 e. The number of methoxy groups -OCH3 is 1. The fourth-order valence-electron chi connectivity index (χ4n) is 2.52. The molecule has 0 fully saturated rings. The Balaban J connectivity index is 0.00000192. The molecule has 0 unspecified atom stereocenters. The Morgan fingerprint density at radius 3 is 2.48 bits per heavy atom. The second-order valence-corrected chi connectivity index (χ2v) is 5.22. The predicted molar refractivity (Wildman–Crippen MR) is 94.7 cm³/mol. The molecule has 1 heterocycles. The van der Waals surface area contributed by atoms with Gasteiger partial charge in [0.25, 0.3) is 0 Å². The summed E-state index contributed by atoms with van der Waals surface area (Å²) in [5.74, 6) is 0.759. The monoisotopic (exact) mass is 333 g/mol. The lowest BCUT2D eigenvalue weighted by molar-refractivity contribution is 0.262. The van der Waals surface area contributed by atoms with Crippen molar-refractivity contribution in [3.8, 4) is 5.75 Å². The van der Waals surface area contributed by atoms with Crippen LogP contribution in [-0.4, -0.2) is 19.7 Å². The molecule has 0 radical (unpaired) electrons. The Morgan fingerprint density at radius 1 is 1.04 bits per heavy atom. The third kappa shape index (κ3) is 4.37. The SMILES string of the molecule is COc1ccc(NC(=O)Nc2ccc3c(c2)CCNC3)cc1.Cl. The van der Waals surface area contributed by atoms with Crippen molar-refractivity contribution in [2.45, 2.75) is 13.0 Å². The topological polar surface area (TPSA) is 62.4 Å². The third-order valence-electron chi connectivity index (χ3n) is 3.70. The van der Waals surface area contributed by atoms with Crippen LogP contribution < -0.4 is 20.7 Å². The van der Waals surface area contributed by atoms with E-state index in [4.69, 9.17) is 4.74 Å². The van der Waals surface area contributed by atoms with Gasteiger partial charge < -0.3 is 20.7 Å². The first kappa shape index (κ1) is 17.1. The summed E-state index contributed by atoms with van der Waals surface area (Å²) in [4.78, 5) is 12.0. The molecular weight excluding hydrogens is 314 g/mol. The average molecular weight is 334 g/mol. The highest BCUT2D eigenvalue weighted by Gasteiger charge is 2.10. The molecule has 1 aliphatic rings. The number of carbonyl (C=O) groups is 1. The molecule has 0 saturated carbocycles. The lowest BCUT2D eigenvalue weighted by Gasteiger charge is -2.18. The zero-order chi connectivity index (χ0) is 15.4. The molecule has 6 heteroatoms. The summed E-state index contributed by atoms with van der Waals surface area (Å²) in [6.45, 7) is 1.88. The number of rotatable bonds is 3. The van der Waals surface area contributed by atoms with Crippen LogP contribution in [0, 0.1) is 0 Å². The normalized spacial score (nSPS) is 12.6. The van der Waals surface area contributed by atoms with Gasteiger partial charge in [0.15, 0.2) is 0 Å². The summed E-state index contributed by atoms with van der Waals surface area (Å²) in [5, 5.41) is 9.00. The van der Waals surface area contributed by atoms with Crippen LogP contribution in [0.15, 0.2) is 42.5 Å². The van der Waals surface area contributed by atoms with Gasteiger partial charge in [0.1, 0.15) is 5.75 Å². The molecule has 0 bridgehead atoms. The van der Waals surface area contributed by atoms with E-state index in [1.165, 1.54) is 11.1 Å². The van der Waals surface area contributed by atoms with Crippen LogP contribution in [0.5, 0.6) is 5.75 Å². The number of nitrogens with one attached hydrogen (secondary N) is 3. The molecule has 122 valence electrons. The number of carbonyl (C=O) groups excluding carboxylic acids is 1. The van der Waals surface area contributed by atoms with E-state index < -0.39 is 0 Å². The second-order valence-electron chi connectivity index (χ2n) is 5.22. The van der Waals surface area contributed by atoms with Gasteiger partial charge in [0, 0.05) is 17.9 Å². The Morgan fingerprint density at radius 2 is 1.74 bits per heavy atom. The van der Waals surface area contributed by atoms with Crippen LogP contribution in [0.3, 0.4) is 0 Å². The number of urea groups is 1. The van der Waals surface area contributed by atoms with E-state index in [0.29, 0.717) is 0 Å². The summed E-state index contributed by atoms with van der Waals surface area (Å²) >= 11 is 0. The molecule has 0 spiro atoms. The fraction of sp³-hybridized carbons (Fsp3) is 0.235. The lowest BCUT2D eigenvalue weighted by Crippen LogP contribution is -2.24. The number of hydrogen-bond acceptors (Lipinski definition) is 3. The summed E-state index contributed by atoms with van der Waals surface area (Å²) in [6, 6.07) is 13.0. The minimum atomic E-state index is -0.251. The van der Waals surface area contributed by atoms with Crippen molar-refractivity contribution in [2.75, 3.05) is 24.3 Å². The Bertz CT molecular complexity index is 674. The summed E-state index contributed by atoms with van der Waals surface area (Å²) < 4.78 is 5.09. The van der Waals surface area contributed by atoms with Crippen LogP contribution in [0.2, 0.25) is 0 Å². The number of halogens is 1. The van der Waals surface area contributed by atoms with Crippen LogP contribution in [0.4, 0.5) is 16.2 Å². The van der Waals surface area contributed by atoms with Crippen molar-refractivity contribution in [1.29, 1.82) is 0 Å². The summed E-state index contributed by atoms with van der Waals surface area (Å²) in [5.41, 5.74) is 4.13. The maximum atomic E-state index is 12.0. The van der Waals surface area contributed by atoms with Gasteiger partial charge in [-0.15, -0.1) is 12.4 Å². The van der Waals surface area contributed by atoms with Gasteiger partial charge in [-0.1, -0.05) is 6.07 Å². The van der Waals surface area contributed by atoms with Crippen LogP contribution >= 0.6 is 12.4 Å². The Labute approximate surface area is 141 Å². The first-order chi connectivity index (χ1) is 10.7. The second kappa shape index (κ2) is 7.85. The van der Waals surface area contributed by atoms with Crippen molar-refractivity contribution in [1.82, 2.24) is 5.32 Å². The van der Waals surface area contributed by atoms with Gasteiger partial charge in [-0.25, -0.2) is 4.79 Å². The minimum absolute atomic E-state index is 0. The van der Waals surface area contributed by atoms with E-state index in [1.54, 1.807) is 19.2 Å². The first-order valence-corrected chi connectivity index (χ1v) is 7.29. The van der Waals surface area contributed by atoms with E-state index in [0.717, 1.165) is 36.6 Å². The Hall–Kier alpha value is -2.24. The van der Waals surface area contributed by atoms with Crippen molar-refractivity contribution in [3.05, 3.63) is 53.6 Å². The number of fused-ring (bicyclic) bond motifs is 1. The summed E-state index contributed by atoms with van der Waals surface area (Å²) in [7, 11) is 1.61. The molecular formula is C17H20ClN3O2. The molecule has 2 aromatic rings. The molecule has 5 nitrogen and oxygen atoms in total. The quantitative estimate of drug-likeness (QED) is 0.806. The maximum Gasteiger partial charge on any atom is 0.323 e. The fourth-order valence-corrected chi connectivity index (χ4v) is 2.52. The number of anilines is 2. The van der Waals surface area contributed by atoms with Gasteiger partial charge in [-0.05, 0) is 60.5 Å². The first-order valence-electron chi connectivity index (χ1n) is 7.29. The van der Waals surface area contributed by atoms with Crippen molar-refractivity contribution in [3.63, 3.8) is 0 Å². The van der Waals surface area contributed by atoms with Crippen molar-refractivity contribution >= 4 is 29.8 Å². The van der Waals surface area contributed by atoms with E-state index >= 15 is 0 Å². The van der Waals surface area contributed by atoms with E-state index in [2.05, 4.69) is 22.0 Å². The van der Waals surface area contributed by atoms with E-state index in [9.17, 15) is 4.79 Å². The highest BCUT2D eigenvalue weighted by Crippen LogP contribution is 2.20. The van der Waals surface area contributed by atoms with Gasteiger partial charge in [0.05, 0.1) is 7.11 Å². The predicted octanol–water partition coefficient (Wildman–Crippen LogP) is 3.41. The van der Waals surface area contributed by atoms with Crippen molar-refractivity contribution < 1.29 is 9.53 Å². The molecule has 1 aliphatic heterocycles. The molecule has 0 saturated heterocycles. The molecule has 3 rings (SSSR count). The highest BCUT2D eigenvalue weighted by atomic mass is 35.5. The standard InChI is InChI=1S/C17H19N3O2.ClH/c1-22-16-6-4-14(5-7-16)19-17(21)20-15-3-2-13-11-18-9-8-12(13)10-15;/h2-7,10,18H,8-9,11H2,1H3,(H2,19,20,21);1H. The van der Waals surface area contributed by atoms with Crippen molar-refractivity contribution in [2.24, 2.45) is 0 Å². The number of ether oxygens (including phenoxy) is 1. The third-order valence-corrected chi connectivity index (χ3v) is 3.70. The minimum Gasteiger partial charge on any atom is -0.497 e. The van der Waals surface area contributed by atoms with Gasteiger partial charge in [0.2, 0.25) is 0 Å². The molecule has 23 heavy (non-hydrogen) atoms. The number of amides is 2. The van der Waals surface area contributed by atoms with Crippen LogP contribution in [0.1, 0.15) is 11.1 Å².